The van der Waals surface area contributed by atoms with E-state index in [1.54, 1.807) is 12.3 Å². The highest BCUT2D eigenvalue weighted by atomic mass is 32.1. The molecule has 1 saturated carbocycles. The van der Waals surface area contributed by atoms with Crippen molar-refractivity contribution < 1.29 is 18.7 Å². The van der Waals surface area contributed by atoms with Crippen LogP contribution in [0.2, 0.25) is 0 Å². The third kappa shape index (κ3) is 3.94. The second kappa shape index (κ2) is 8.85. The van der Waals surface area contributed by atoms with Crippen molar-refractivity contribution in [1.29, 1.82) is 0 Å². The van der Waals surface area contributed by atoms with E-state index < -0.39 is 6.04 Å². The predicted molar refractivity (Wildman–Crippen MR) is 120 cm³/mol. The van der Waals surface area contributed by atoms with Crippen LogP contribution >= 0.6 is 11.3 Å². The zero-order valence-electron chi connectivity index (χ0n) is 17.5. The Kier molecular flexibility index (Phi) is 5.77. The zero-order chi connectivity index (χ0) is 22.1. The van der Waals surface area contributed by atoms with Gasteiger partial charge < -0.3 is 14.5 Å². The average Bonchev–Trinajstić information content (AvgIpc) is 3.58. The van der Waals surface area contributed by atoms with Gasteiger partial charge in [-0.05, 0) is 31.4 Å². The quantitative estimate of drug-likeness (QED) is 0.511. The number of nitrogens with one attached hydrogen (secondary N) is 3. The third-order valence-corrected chi connectivity index (χ3v) is 7.22. The second-order valence-corrected chi connectivity index (χ2v) is 9.08. The van der Waals surface area contributed by atoms with E-state index >= 15 is 0 Å². The minimum absolute atomic E-state index is 0.0320. The van der Waals surface area contributed by atoms with Gasteiger partial charge in [-0.2, -0.15) is 0 Å². The van der Waals surface area contributed by atoms with Gasteiger partial charge in [0.1, 0.15) is 10.9 Å². The molecule has 0 spiro atoms. The van der Waals surface area contributed by atoms with Crippen molar-refractivity contribution in [2.24, 2.45) is 5.92 Å². The lowest BCUT2D eigenvalue weighted by Crippen LogP contribution is -2.46. The molecule has 9 heteroatoms. The van der Waals surface area contributed by atoms with Gasteiger partial charge in [-0.25, -0.2) is 10.4 Å². The molecule has 3 heterocycles. The van der Waals surface area contributed by atoms with Gasteiger partial charge >= 0.3 is 5.97 Å². The van der Waals surface area contributed by atoms with E-state index in [9.17, 15) is 9.59 Å². The van der Waals surface area contributed by atoms with Gasteiger partial charge in [0.05, 0.1) is 19.1 Å². The summed E-state index contributed by atoms with van der Waals surface area (Å²) in [5.41, 5.74) is 7.77. The molecular formula is C23H24N4O4S. The fraction of sp³-hybridized carbons (Fsp3) is 0.348. The first kappa shape index (κ1) is 20.9. The van der Waals surface area contributed by atoms with E-state index in [1.807, 2.05) is 36.4 Å². The smallest absolute Gasteiger partial charge is 0.324 e. The highest BCUT2D eigenvalue weighted by Gasteiger charge is 2.44. The Labute approximate surface area is 189 Å². The molecule has 1 saturated heterocycles. The summed E-state index contributed by atoms with van der Waals surface area (Å²) in [7, 11) is 1.39. The predicted octanol–water partition coefficient (Wildman–Crippen LogP) is 2.99. The molecule has 0 radical (unpaired) electrons. The largest absolute Gasteiger partial charge is 0.468 e. The van der Waals surface area contributed by atoms with Crippen molar-refractivity contribution in [2.45, 2.75) is 37.4 Å². The molecule has 3 N–H and O–H groups in total. The fourth-order valence-corrected chi connectivity index (χ4v) is 5.53. The average molecular weight is 453 g/mol. The van der Waals surface area contributed by atoms with Crippen molar-refractivity contribution in [1.82, 2.24) is 21.2 Å². The highest BCUT2D eigenvalue weighted by molar-refractivity contribution is 7.17. The van der Waals surface area contributed by atoms with E-state index in [-0.39, 0.29) is 29.9 Å². The molecule has 5 rings (SSSR count). The van der Waals surface area contributed by atoms with Crippen LogP contribution in [0.25, 0.3) is 22.0 Å². The van der Waals surface area contributed by atoms with Crippen LogP contribution in [0.15, 0.2) is 53.1 Å². The minimum Gasteiger partial charge on any atom is -0.468 e. The van der Waals surface area contributed by atoms with Crippen LogP contribution in [-0.2, 0) is 9.53 Å². The lowest BCUT2D eigenvalue weighted by Gasteiger charge is -2.32. The number of thiazole rings is 1. The topological polar surface area (TPSA) is 105 Å². The summed E-state index contributed by atoms with van der Waals surface area (Å²) in [6.07, 6.45) is 3.99. The molecule has 1 aliphatic carbocycles. The van der Waals surface area contributed by atoms with Crippen molar-refractivity contribution in [3.05, 3.63) is 53.6 Å². The van der Waals surface area contributed by atoms with Crippen molar-refractivity contribution in [3.8, 4) is 22.0 Å². The van der Waals surface area contributed by atoms with Gasteiger partial charge in [0.25, 0.3) is 5.91 Å². The maximum atomic E-state index is 13.4. The Morgan fingerprint density at radius 2 is 2.00 bits per heavy atom. The lowest BCUT2D eigenvalue weighted by atomic mass is 9.79. The molecule has 0 bridgehead atoms. The number of ether oxygens (including phenoxy) is 1. The molecule has 166 valence electrons. The van der Waals surface area contributed by atoms with Gasteiger partial charge in [-0.15, -0.1) is 11.3 Å². The molecule has 2 aliphatic rings. The second-order valence-electron chi connectivity index (χ2n) is 8.08. The van der Waals surface area contributed by atoms with Gasteiger partial charge in [0, 0.05) is 23.6 Å². The monoisotopic (exact) mass is 452 g/mol. The maximum absolute atomic E-state index is 13.4. The van der Waals surface area contributed by atoms with Crippen molar-refractivity contribution in [3.63, 3.8) is 0 Å². The van der Waals surface area contributed by atoms with Crippen LogP contribution in [0.3, 0.4) is 0 Å². The minimum atomic E-state index is -0.404. The van der Waals surface area contributed by atoms with Crippen molar-refractivity contribution >= 4 is 23.2 Å². The number of nitrogens with zero attached hydrogens (tertiary/aromatic N) is 1. The first-order chi connectivity index (χ1) is 15.6. The standard InChI is InChI=1S/C23H24N4O4S/c1-30-23(29)19-15-12-14(9-10-16(15)26-27-19)24-21(28)20-18(13-6-3-2-4-7-13)25-22(32-20)17-8-5-11-31-17/h2-8,11,14-16,19,26-27H,9-10,12H2,1H3,(H,24,28). The van der Waals surface area contributed by atoms with E-state index in [1.165, 1.54) is 18.4 Å². The summed E-state index contributed by atoms with van der Waals surface area (Å²) >= 11 is 1.32. The highest BCUT2D eigenvalue weighted by Crippen LogP contribution is 2.35. The molecule has 32 heavy (non-hydrogen) atoms. The third-order valence-electron chi connectivity index (χ3n) is 6.15. The summed E-state index contributed by atoms with van der Waals surface area (Å²) < 4.78 is 10.4. The van der Waals surface area contributed by atoms with E-state index in [2.05, 4.69) is 16.2 Å². The summed E-state index contributed by atoms with van der Waals surface area (Å²) in [5, 5.41) is 3.85. The lowest BCUT2D eigenvalue weighted by molar-refractivity contribution is -0.144. The molecule has 4 atom stereocenters. The first-order valence-corrected chi connectivity index (χ1v) is 11.5. The zero-order valence-corrected chi connectivity index (χ0v) is 18.4. The molecule has 1 aromatic carbocycles. The van der Waals surface area contributed by atoms with Crippen LogP contribution in [0.4, 0.5) is 0 Å². The van der Waals surface area contributed by atoms with Gasteiger partial charge in [0.15, 0.2) is 10.8 Å². The Balaban J connectivity index is 1.38. The first-order valence-electron chi connectivity index (χ1n) is 10.6. The number of hydrazine groups is 1. The number of esters is 1. The number of aromatic nitrogens is 1. The Bertz CT molecular complexity index is 1100. The number of carbonyl (C=O) groups excluding carboxylic acids is 2. The Hall–Kier alpha value is -3.01. The summed E-state index contributed by atoms with van der Waals surface area (Å²) in [4.78, 5) is 30.7. The molecule has 1 aliphatic heterocycles. The Morgan fingerprint density at radius 3 is 2.75 bits per heavy atom. The summed E-state index contributed by atoms with van der Waals surface area (Å²) in [6, 6.07) is 13.1. The molecule has 4 unspecified atom stereocenters. The van der Waals surface area contributed by atoms with Crippen LogP contribution in [0.1, 0.15) is 28.9 Å². The molecular weight excluding hydrogens is 428 g/mol. The Morgan fingerprint density at radius 1 is 1.16 bits per heavy atom. The van der Waals surface area contributed by atoms with E-state index in [0.29, 0.717) is 27.8 Å². The fourth-order valence-electron chi connectivity index (χ4n) is 4.57. The van der Waals surface area contributed by atoms with E-state index in [0.717, 1.165) is 18.4 Å². The number of hydrogen-bond donors (Lipinski definition) is 3. The molecule has 2 aromatic heterocycles. The van der Waals surface area contributed by atoms with Crippen LogP contribution < -0.4 is 16.2 Å². The van der Waals surface area contributed by atoms with Crippen LogP contribution in [0, 0.1) is 5.92 Å². The normalized spacial score (nSPS) is 24.7. The molecule has 8 nitrogen and oxygen atoms in total. The van der Waals surface area contributed by atoms with Crippen LogP contribution in [0.5, 0.6) is 0 Å². The molecule has 3 aromatic rings. The van der Waals surface area contributed by atoms with Crippen LogP contribution in [-0.4, -0.2) is 42.1 Å². The van der Waals surface area contributed by atoms with Gasteiger partial charge in [-0.1, -0.05) is 30.3 Å². The number of amides is 1. The van der Waals surface area contributed by atoms with Gasteiger partial charge in [-0.3, -0.25) is 15.0 Å². The number of rotatable bonds is 5. The van der Waals surface area contributed by atoms with E-state index in [4.69, 9.17) is 14.1 Å². The summed E-state index contributed by atoms with van der Waals surface area (Å²) in [6.45, 7) is 0. The summed E-state index contributed by atoms with van der Waals surface area (Å²) in [5.74, 6) is 0.260. The molecule has 2 fully saturated rings. The number of furan rings is 1. The SMILES string of the molecule is COC(=O)C1NNC2CCC(NC(=O)c3sc(-c4ccco4)nc3-c3ccccc3)CC21. The number of methoxy groups -OCH3 is 1. The number of benzene rings is 1. The van der Waals surface area contributed by atoms with Gasteiger partial charge in [0.2, 0.25) is 0 Å². The number of hydrogen-bond acceptors (Lipinski definition) is 8. The number of carbonyl (C=O) groups is 2. The number of fused-ring (bicyclic) bond motifs is 1. The maximum Gasteiger partial charge on any atom is 0.324 e. The van der Waals surface area contributed by atoms with Crippen molar-refractivity contribution in [2.75, 3.05) is 7.11 Å². The molecule has 1 amide bonds.